The molecule has 0 aliphatic rings. The Bertz CT molecular complexity index is 562. The van der Waals surface area contributed by atoms with Crippen molar-refractivity contribution in [3.63, 3.8) is 0 Å². The van der Waals surface area contributed by atoms with Crippen LogP contribution in [0, 0.1) is 5.21 Å². The van der Waals surface area contributed by atoms with E-state index < -0.39 is 22.2 Å². The van der Waals surface area contributed by atoms with Gasteiger partial charge in [-0.2, -0.15) is 5.23 Å². The maximum atomic E-state index is 11.3. The van der Waals surface area contributed by atoms with Gasteiger partial charge in [0.05, 0.1) is 5.52 Å². The summed E-state index contributed by atoms with van der Waals surface area (Å²) >= 11 is 0. The average Bonchev–Trinajstić information content (AvgIpc) is 2.17. The topological polar surface area (TPSA) is 101 Å². The highest BCUT2D eigenvalue weighted by molar-refractivity contribution is 5.87. The summed E-state index contributed by atoms with van der Waals surface area (Å²) in [6.07, 6.45) is 0. The van der Waals surface area contributed by atoms with Gasteiger partial charge in [-0.15, -0.1) is 0 Å². The zero-order chi connectivity index (χ0) is 11.0. The van der Waals surface area contributed by atoms with Crippen molar-refractivity contribution in [2.45, 2.75) is 0 Å². The van der Waals surface area contributed by atoms with Gasteiger partial charge in [0.25, 0.3) is 5.69 Å². The normalized spacial score (nSPS) is 12.9. The summed E-state index contributed by atoms with van der Waals surface area (Å²) in [6.45, 7) is 0. The van der Waals surface area contributed by atoms with Crippen LogP contribution in [-0.4, -0.2) is 15.3 Å². The van der Waals surface area contributed by atoms with Gasteiger partial charge in [0.15, 0.2) is 5.75 Å². The van der Waals surface area contributed by atoms with E-state index in [9.17, 15) is 15.1 Å². The van der Waals surface area contributed by atoms with E-state index in [0.717, 1.165) is 0 Å². The van der Waals surface area contributed by atoms with Crippen LogP contribution >= 0.6 is 0 Å². The highest BCUT2D eigenvalue weighted by atomic mass is 16.8. The van der Waals surface area contributed by atoms with Gasteiger partial charge in [-0.3, -0.25) is 4.79 Å². The van der Waals surface area contributed by atoms with E-state index in [0.29, 0.717) is 10.9 Å². The van der Waals surface area contributed by atoms with Crippen LogP contribution in [0.15, 0.2) is 29.1 Å². The second-order valence-corrected chi connectivity index (χ2v) is 3.03. The summed E-state index contributed by atoms with van der Waals surface area (Å²) in [6, 6.07) is 6.44. The van der Waals surface area contributed by atoms with Gasteiger partial charge in [0.1, 0.15) is 0 Å². The van der Waals surface area contributed by atoms with Crippen molar-refractivity contribution in [2.24, 2.45) is 0 Å². The number of hydrogen-bond donors (Lipinski definition) is 4. The van der Waals surface area contributed by atoms with Crippen molar-refractivity contribution in [1.29, 1.82) is 0 Å². The first-order valence-electron chi connectivity index (χ1n) is 4.18. The van der Waals surface area contributed by atoms with E-state index in [1.807, 2.05) is 0 Å². The highest BCUT2D eigenvalue weighted by Crippen LogP contribution is 2.25. The maximum Gasteiger partial charge on any atom is 0.317 e. The molecule has 0 aliphatic carbocycles. The molecular formula is C9H8N2O4. The van der Waals surface area contributed by atoms with E-state index in [1.54, 1.807) is 18.2 Å². The lowest BCUT2D eigenvalue weighted by Crippen LogP contribution is -3.00. The van der Waals surface area contributed by atoms with Crippen LogP contribution in [0.1, 0.15) is 0 Å². The fourth-order valence-electron chi connectivity index (χ4n) is 1.42. The van der Waals surface area contributed by atoms with Crippen molar-refractivity contribution >= 4 is 16.6 Å². The molecule has 1 unspecified atom stereocenters. The number of aromatic hydroxyl groups is 1. The van der Waals surface area contributed by atoms with Crippen LogP contribution in [0.2, 0.25) is 0 Å². The van der Waals surface area contributed by atoms with Gasteiger partial charge in [-0.1, -0.05) is 12.1 Å². The first-order chi connectivity index (χ1) is 7.11. The van der Waals surface area contributed by atoms with E-state index in [1.165, 1.54) is 6.07 Å². The number of rotatable bonds is 1. The molecule has 0 aliphatic heterocycles. The Kier molecular flexibility index (Phi) is 2.16. The summed E-state index contributed by atoms with van der Waals surface area (Å²) in [5.74, 6) is -0.498. The predicted octanol–water partition coefficient (Wildman–Crippen LogP) is -0.363. The SMILES string of the molecule is O=c1[nH]c2ccccc2c(O)c1[NH+]([O-])O. The number of benzene rings is 1. The predicted molar refractivity (Wildman–Crippen MR) is 52.0 cm³/mol. The second-order valence-electron chi connectivity index (χ2n) is 3.03. The molecule has 0 spiro atoms. The summed E-state index contributed by atoms with van der Waals surface area (Å²) in [4.78, 5) is 13.7. The Morgan fingerprint density at radius 2 is 2.00 bits per heavy atom. The molecule has 1 atom stereocenters. The number of nitrogens with one attached hydrogen (secondary N) is 2. The number of pyridine rings is 1. The number of aromatic nitrogens is 1. The number of quaternary nitrogens is 1. The molecule has 1 aromatic heterocycles. The molecule has 0 saturated heterocycles. The standard InChI is InChI=1S/C9H8N2O4/c12-8-5-3-1-2-4-6(5)10-9(13)7(8)11(14)15/h1-4,11,14H,(H2,10,12,13). The van der Waals surface area contributed by atoms with Crippen LogP contribution in [0.5, 0.6) is 5.75 Å². The van der Waals surface area contributed by atoms with Gasteiger partial charge in [-0.25, -0.2) is 5.21 Å². The molecule has 2 rings (SSSR count). The average molecular weight is 208 g/mol. The Hall–Kier alpha value is -1.89. The third-order valence-electron chi connectivity index (χ3n) is 2.11. The molecule has 0 saturated carbocycles. The van der Waals surface area contributed by atoms with Gasteiger partial charge in [0.2, 0.25) is 0 Å². The number of para-hydroxylation sites is 1. The van der Waals surface area contributed by atoms with Crippen molar-refractivity contribution in [3.8, 4) is 5.75 Å². The number of fused-ring (bicyclic) bond motifs is 1. The largest absolute Gasteiger partial charge is 0.595 e. The zero-order valence-corrected chi connectivity index (χ0v) is 7.52. The Morgan fingerprint density at radius 3 is 2.67 bits per heavy atom. The monoisotopic (exact) mass is 208 g/mol. The molecule has 0 bridgehead atoms. The molecule has 0 radical (unpaired) electrons. The third-order valence-corrected chi connectivity index (χ3v) is 2.11. The Balaban J connectivity index is 2.90. The summed E-state index contributed by atoms with van der Waals surface area (Å²) in [5, 5.41) is 27.9. The molecule has 6 nitrogen and oxygen atoms in total. The molecule has 4 N–H and O–H groups in total. The summed E-state index contributed by atoms with van der Waals surface area (Å²) < 4.78 is 0. The van der Waals surface area contributed by atoms with Crippen molar-refractivity contribution in [1.82, 2.24) is 4.98 Å². The van der Waals surface area contributed by atoms with Crippen LogP contribution < -0.4 is 10.8 Å². The second kappa shape index (κ2) is 3.35. The minimum absolute atomic E-state index is 0.314. The van der Waals surface area contributed by atoms with Crippen LogP contribution in [-0.2, 0) is 0 Å². The van der Waals surface area contributed by atoms with Crippen LogP contribution in [0.4, 0.5) is 5.69 Å². The number of hydrogen-bond acceptors (Lipinski definition) is 4. The maximum absolute atomic E-state index is 11.3. The summed E-state index contributed by atoms with van der Waals surface area (Å²) in [5.41, 5.74) is -1.03. The van der Waals surface area contributed by atoms with Crippen molar-refractivity contribution < 1.29 is 15.5 Å². The van der Waals surface area contributed by atoms with E-state index >= 15 is 0 Å². The smallest absolute Gasteiger partial charge is 0.317 e. The lowest BCUT2D eigenvalue weighted by Gasteiger charge is -2.12. The summed E-state index contributed by atoms with van der Waals surface area (Å²) in [7, 11) is 0. The molecule has 15 heavy (non-hydrogen) atoms. The zero-order valence-electron chi connectivity index (χ0n) is 7.52. The highest BCUT2D eigenvalue weighted by Gasteiger charge is 2.17. The number of aromatic amines is 1. The Labute approximate surface area is 83.5 Å². The molecule has 0 fully saturated rings. The van der Waals surface area contributed by atoms with Crippen molar-refractivity contribution in [3.05, 3.63) is 39.8 Å². The fourth-order valence-corrected chi connectivity index (χ4v) is 1.42. The molecule has 2 aromatic rings. The minimum Gasteiger partial charge on any atom is -0.595 e. The molecular weight excluding hydrogens is 200 g/mol. The van der Waals surface area contributed by atoms with Crippen molar-refractivity contribution in [2.75, 3.05) is 0 Å². The molecule has 78 valence electrons. The van der Waals surface area contributed by atoms with E-state index in [2.05, 4.69) is 4.98 Å². The molecule has 1 heterocycles. The van der Waals surface area contributed by atoms with E-state index in [4.69, 9.17) is 5.21 Å². The van der Waals surface area contributed by atoms with Gasteiger partial charge < -0.3 is 15.3 Å². The quantitative estimate of drug-likeness (QED) is 0.480. The third kappa shape index (κ3) is 1.46. The fraction of sp³-hybridized carbons (Fsp3) is 0. The number of H-pyrrole nitrogens is 1. The van der Waals surface area contributed by atoms with E-state index in [-0.39, 0.29) is 0 Å². The first-order valence-corrected chi connectivity index (χ1v) is 4.18. The van der Waals surface area contributed by atoms with Crippen LogP contribution in [0.3, 0.4) is 0 Å². The Morgan fingerprint density at radius 1 is 1.33 bits per heavy atom. The molecule has 0 amide bonds. The molecule has 6 heteroatoms. The van der Waals surface area contributed by atoms with Gasteiger partial charge in [0, 0.05) is 5.39 Å². The lowest BCUT2D eigenvalue weighted by atomic mass is 10.2. The lowest BCUT2D eigenvalue weighted by molar-refractivity contribution is -0.991. The first kappa shape index (κ1) is 9.66. The van der Waals surface area contributed by atoms with Gasteiger partial charge >= 0.3 is 5.56 Å². The molecule has 1 aromatic carbocycles. The van der Waals surface area contributed by atoms with Crippen LogP contribution in [0.25, 0.3) is 10.9 Å². The minimum atomic E-state index is -1.44. The van der Waals surface area contributed by atoms with Gasteiger partial charge in [-0.05, 0) is 12.1 Å².